The van der Waals surface area contributed by atoms with Crippen LogP contribution in [0, 0.1) is 5.92 Å². The standard InChI is InChI=1S/C12H14F3NO3S/c13-12(14,15)20(17,18)11-3-1-9(2-4-11)19-10-5-8(6-10)7-16/h1-4,8,10H,5-7,16H2. The van der Waals surface area contributed by atoms with Gasteiger partial charge in [0, 0.05) is 0 Å². The highest BCUT2D eigenvalue weighted by Crippen LogP contribution is 2.33. The van der Waals surface area contributed by atoms with Crippen molar-refractivity contribution in [1.29, 1.82) is 0 Å². The van der Waals surface area contributed by atoms with Crippen molar-refractivity contribution in [3.8, 4) is 5.75 Å². The molecule has 1 aromatic rings. The molecule has 1 aliphatic carbocycles. The molecule has 0 unspecified atom stereocenters. The van der Waals surface area contributed by atoms with E-state index in [0.717, 1.165) is 25.0 Å². The first kappa shape index (κ1) is 15.1. The summed E-state index contributed by atoms with van der Waals surface area (Å²) in [5, 5.41) is 0. The predicted octanol–water partition coefficient (Wildman–Crippen LogP) is 2.10. The molecule has 1 aromatic carbocycles. The number of hydrogen-bond acceptors (Lipinski definition) is 4. The summed E-state index contributed by atoms with van der Waals surface area (Å²) in [6, 6.07) is 4.26. The minimum atomic E-state index is -5.30. The van der Waals surface area contributed by atoms with Crippen LogP contribution in [-0.4, -0.2) is 26.6 Å². The Kier molecular flexibility index (Phi) is 3.97. The summed E-state index contributed by atoms with van der Waals surface area (Å²) in [5.41, 5.74) is 0.175. The third kappa shape index (κ3) is 2.90. The van der Waals surface area contributed by atoms with E-state index in [4.69, 9.17) is 10.5 Å². The van der Waals surface area contributed by atoms with Crippen LogP contribution in [0.15, 0.2) is 29.2 Å². The molecule has 0 atom stereocenters. The smallest absolute Gasteiger partial charge is 0.490 e. The lowest BCUT2D eigenvalue weighted by Gasteiger charge is -2.34. The molecule has 112 valence electrons. The van der Waals surface area contributed by atoms with Crippen molar-refractivity contribution in [3.63, 3.8) is 0 Å². The molecule has 1 aliphatic rings. The highest BCUT2D eigenvalue weighted by atomic mass is 32.2. The maximum atomic E-state index is 12.3. The SMILES string of the molecule is NCC1CC(Oc2ccc(S(=O)(=O)C(F)(F)F)cc2)C1. The molecular formula is C12H14F3NO3S. The molecule has 1 saturated carbocycles. The van der Waals surface area contributed by atoms with Gasteiger partial charge in [0.25, 0.3) is 9.84 Å². The summed E-state index contributed by atoms with van der Waals surface area (Å²) in [6.45, 7) is 0.586. The summed E-state index contributed by atoms with van der Waals surface area (Å²) < 4.78 is 64.9. The Morgan fingerprint density at radius 3 is 2.20 bits per heavy atom. The highest BCUT2D eigenvalue weighted by molar-refractivity contribution is 7.92. The van der Waals surface area contributed by atoms with Crippen LogP contribution in [0.4, 0.5) is 13.2 Å². The van der Waals surface area contributed by atoms with Crippen LogP contribution in [0.1, 0.15) is 12.8 Å². The number of nitrogens with two attached hydrogens (primary N) is 1. The van der Waals surface area contributed by atoms with Crippen molar-refractivity contribution < 1.29 is 26.3 Å². The minimum absolute atomic E-state index is 0.00590. The molecule has 4 nitrogen and oxygen atoms in total. The second kappa shape index (κ2) is 5.25. The Hall–Kier alpha value is -1.28. The molecule has 0 aliphatic heterocycles. The number of halogens is 3. The van der Waals surface area contributed by atoms with E-state index in [1.54, 1.807) is 0 Å². The van der Waals surface area contributed by atoms with Gasteiger partial charge in [-0.2, -0.15) is 13.2 Å². The van der Waals surface area contributed by atoms with Crippen LogP contribution in [0.2, 0.25) is 0 Å². The molecule has 1 fully saturated rings. The van der Waals surface area contributed by atoms with Crippen LogP contribution in [0.3, 0.4) is 0 Å². The second-order valence-electron chi connectivity index (χ2n) is 4.73. The van der Waals surface area contributed by atoms with Gasteiger partial charge in [-0.05, 0) is 49.6 Å². The zero-order valence-corrected chi connectivity index (χ0v) is 11.2. The van der Waals surface area contributed by atoms with Crippen molar-refractivity contribution in [2.75, 3.05) is 6.54 Å². The molecule has 0 spiro atoms. The molecule has 2 rings (SSSR count). The lowest BCUT2D eigenvalue weighted by Crippen LogP contribution is -2.37. The highest BCUT2D eigenvalue weighted by Gasteiger charge is 2.46. The first-order chi connectivity index (χ1) is 9.24. The van der Waals surface area contributed by atoms with Gasteiger partial charge in [-0.25, -0.2) is 8.42 Å². The summed E-state index contributed by atoms with van der Waals surface area (Å²) in [7, 11) is -5.30. The summed E-state index contributed by atoms with van der Waals surface area (Å²) in [5.74, 6) is 0.775. The van der Waals surface area contributed by atoms with E-state index >= 15 is 0 Å². The molecule has 0 radical (unpaired) electrons. The van der Waals surface area contributed by atoms with Crippen molar-refractivity contribution in [2.45, 2.75) is 29.3 Å². The van der Waals surface area contributed by atoms with Gasteiger partial charge in [0.1, 0.15) is 5.75 Å². The number of sulfone groups is 1. The lowest BCUT2D eigenvalue weighted by molar-refractivity contribution is -0.0436. The van der Waals surface area contributed by atoms with Gasteiger partial charge >= 0.3 is 5.51 Å². The number of hydrogen-bond donors (Lipinski definition) is 1. The van der Waals surface area contributed by atoms with Crippen molar-refractivity contribution in [1.82, 2.24) is 0 Å². The van der Waals surface area contributed by atoms with E-state index in [9.17, 15) is 21.6 Å². The van der Waals surface area contributed by atoms with E-state index < -0.39 is 20.2 Å². The molecule has 0 saturated heterocycles. The van der Waals surface area contributed by atoms with Crippen LogP contribution in [0.5, 0.6) is 5.75 Å². The quantitative estimate of drug-likeness (QED) is 0.924. The fraction of sp³-hybridized carbons (Fsp3) is 0.500. The summed E-state index contributed by atoms with van der Waals surface area (Å²) in [6.07, 6.45) is 1.60. The van der Waals surface area contributed by atoms with Crippen LogP contribution in [0.25, 0.3) is 0 Å². The Balaban J connectivity index is 2.04. The maximum absolute atomic E-state index is 12.3. The van der Waals surface area contributed by atoms with Gasteiger partial charge in [0.05, 0.1) is 11.0 Å². The fourth-order valence-electron chi connectivity index (χ4n) is 1.99. The fourth-order valence-corrected chi connectivity index (χ4v) is 2.75. The molecular weight excluding hydrogens is 295 g/mol. The first-order valence-corrected chi connectivity index (χ1v) is 7.50. The van der Waals surface area contributed by atoms with Crippen molar-refractivity contribution in [3.05, 3.63) is 24.3 Å². The Bertz CT molecular complexity index is 563. The van der Waals surface area contributed by atoms with Gasteiger partial charge in [-0.15, -0.1) is 0 Å². The average Bonchev–Trinajstić information content (AvgIpc) is 2.32. The molecule has 0 heterocycles. The molecule has 20 heavy (non-hydrogen) atoms. The first-order valence-electron chi connectivity index (χ1n) is 6.02. The Labute approximate surface area is 114 Å². The monoisotopic (exact) mass is 309 g/mol. The number of rotatable bonds is 4. The zero-order chi connectivity index (χ0) is 15.0. The third-order valence-corrected chi connectivity index (χ3v) is 4.77. The predicted molar refractivity (Wildman–Crippen MR) is 65.9 cm³/mol. The van der Waals surface area contributed by atoms with Crippen LogP contribution < -0.4 is 10.5 Å². The van der Waals surface area contributed by atoms with E-state index in [1.165, 1.54) is 12.1 Å². The van der Waals surface area contributed by atoms with Crippen LogP contribution >= 0.6 is 0 Å². The third-order valence-electron chi connectivity index (χ3n) is 3.27. The van der Waals surface area contributed by atoms with Crippen LogP contribution in [-0.2, 0) is 9.84 Å². The molecule has 2 N–H and O–H groups in total. The van der Waals surface area contributed by atoms with Gasteiger partial charge in [-0.3, -0.25) is 0 Å². The van der Waals surface area contributed by atoms with Gasteiger partial charge in [-0.1, -0.05) is 0 Å². The number of benzene rings is 1. The number of alkyl halides is 3. The largest absolute Gasteiger partial charge is 0.501 e. The van der Waals surface area contributed by atoms with E-state index in [2.05, 4.69) is 0 Å². The Morgan fingerprint density at radius 2 is 1.75 bits per heavy atom. The van der Waals surface area contributed by atoms with Gasteiger partial charge in [0.15, 0.2) is 0 Å². The summed E-state index contributed by atoms with van der Waals surface area (Å²) >= 11 is 0. The van der Waals surface area contributed by atoms with Gasteiger partial charge in [0.2, 0.25) is 0 Å². The second-order valence-corrected chi connectivity index (χ2v) is 6.67. The zero-order valence-electron chi connectivity index (χ0n) is 10.4. The lowest BCUT2D eigenvalue weighted by atomic mass is 9.82. The maximum Gasteiger partial charge on any atom is 0.501 e. The molecule has 0 amide bonds. The van der Waals surface area contributed by atoms with E-state index in [1.807, 2.05) is 0 Å². The Morgan fingerprint density at radius 1 is 1.20 bits per heavy atom. The van der Waals surface area contributed by atoms with Crippen molar-refractivity contribution in [2.24, 2.45) is 11.7 Å². The topological polar surface area (TPSA) is 69.4 Å². The van der Waals surface area contributed by atoms with Gasteiger partial charge < -0.3 is 10.5 Å². The average molecular weight is 309 g/mol. The van der Waals surface area contributed by atoms with E-state index in [-0.39, 0.29) is 6.10 Å². The molecule has 0 bridgehead atoms. The van der Waals surface area contributed by atoms with Crippen molar-refractivity contribution >= 4 is 9.84 Å². The number of ether oxygens (including phenoxy) is 1. The van der Waals surface area contributed by atoms with E-state index in [0.29, 0.717) is 18.2 Å². The summed E-state index contributed by atoms with van der Waals surface area (Å²) in [4.78, 5) is -0.786. The molecule has 8 heteroatoms. The normalized spacial score (nSPS) is 23.2. The molecule has 0 aromatic heterocycles. The minimum Gasteiger partial charge on any atom is -0.490 e.